The van der Waals surface area contributed by atoms with Crippen molar-refractivity contribution in [3.05, 3.63) is 65.2 Å². The van der Waals surface area contributed by atoms with E-state index in [2.05, 4.69) is 0 Å². The van der Waals surface area contributed by atoms with Gasteiger partial charge in [-0.15, -0.1) is 0 Å². The highest BCUT2D eigenvalue weighted by Gasteiger charge is 2.35. The summed E-state index contributed by atoms with van der Waals surface area (Å²) in [6.07, 6.45) is 0.330. The molecule has 0 aromatic heterocycles. The average molecular weight is 408 g/mol. The molecular formula is C22H20N2O6. The summed E-state index contributed by atoms with van der Waals surface area (Å²) in [5.41, 5.74) is 2.18. The van der Waals surface area contributed by atoms with Crippen molar-refractivity contribution in [1.29, 1.82) is 5.26 Å². The third kappa shape index (κ3) is 4.75. The summed E-state index contributed by atoms with van der Waals surface area (Å²) in [4.78, 5) is 38.2. The Kier molecular flexibility index (Phi) is 6.65. The van der Waals surface area contributed by atoms with E-state index in [9.17, 15) is 14.4 Å². The van der Waals surface area contributed by atoms with Crippen LogP contribution >= 0.6 is 0 Å². The summed E-state index contributed by atoms with van der Waals surface area (Å²) >= 11 is 0. The van der Waals surface area contributed by atoms with Gasteiger partial charge in [0, 0.05) is 13.0 Å². The van der Waals surface area contributed by atoms with Crippen LogP contribution in [0.15, 0.2) is 48.5 Å². The number of ether oxygens (including phenoxy) is 3. The van der Waals surface area contributed by atoms with Crippen LogP contribution in [0, 0.1) is 11.3 Å². The molecule has 0 spiro atoms. The Labute approximate surface area is 173 Å². The molecular weight excluding hydrogens is 388 g/mol. The number of hydrogen-bond donors (Lipinski definition) is 0. The second-order valence-corrected chi connectivity index (χ2v) is 6.59. The highest BCUT2D eigenvalue weighted by Crippen LogP contribution is 2.24. The van der Waals surface area contributed by atoms with E-state index in [0.717, 1.165) is 11.1 Å². The number of fused-ring (bicyclic) bond motifs is 1. The second kappa shape index (κ2) is 9.56. The highest BCUT2D eigenvalue weighted by atomic mass is 16.6. The van der Waals surface area contributed by atoms with Gasteiger partial charge in [-0.3, -0.25) is 4.79 Å². The van der Waals surface area contributed by atoms with Gasteiger partial charge >= 0.3 is 11.9 Å². The van der Waals surface area contributed by atoms with Crippen molar-refractivity contribution in [2.24, 2.45) is 0 Å². The molecule has 154 valence electrons. The molecule has 0 aliphatic carbocycles. The molecule has 0 saturated carbocycles. The van der Waals surface area contributed by atoms with Crippen molar-refractivity contribution in [3.63, 3.8) is 0 Å². The van der Waals surface area contributed by atoms with Gasteiger partial charge in [-0.05, 0) is 23.3 Å². The molecule has 2 aromatic carbocycles. The molecule has 30 heavy (non-hydrogen) atoms. The molecule has 8 nitrogen and oxygen atoms in total. The molecule has 1 aliphatic heterocycles. The topological polar surface area (TPSA) is 106 Å². The third-order valence-electron chi connectivity index (χ3n) is 4.75. The number of esters is 2. The van der Waals surface area contributed by atoms with E-state index in [1.807, 2.05) is 30.3 Å². The Morgan fingerprint density at radius 1 is 1.07 bits per heavy atom. The Morgan fingerprint density at radius 3 is 2.50 bits per heavy atom. The van der Waals surface area contributed by atoms with Crippen LogP contribution < -0.4 is 4.74 Å². The average Bonchev–Trinajstić information content (AvgIpc) is 2.79. The lowest BCUT2D eigenvalue weighted by molar-refractivity contribution is -0.160. The Bertz CT molecular complexity index is 997. The van der Waals surface area contributed by atoms with Crippen LogP contribution in [0.3, 0.4) is 0 Å². The van der Waals surface area contributed by atoms with Crippen molar-refractivity contribution < 1.29 is 28.6 Å². The van der Waals surface area contributed by atoms with E-state index >= 15 is 0 Å². The van der Waals surface area contributed by atoms with Crippen LogP contribution in [0.2, 0.25) is 0 Å². The van der Waals surface area contributed by atoms with Crippen LogP contribution in [-0.4, -0.2) is 49.1 Å². The smallest absolute Gasteiger partial charge is 0.344 e. The minimum atomic E-state index is -0.783. The summed E-state index contributed by atoms with van der Waals surface area (Å²) in [6.45, 7) is -0.759. The number of rotatable bonds is 6. The van der Waals surface area contributed by atoms with Gasteiger partial charge in [0.05, 0.1) is 12.7 Å². The fraction of sp³-hybridized carbons (Fsp3) is 0.273. The van der Waals surface area contributed by atoms with Crippen LogP contribution in [0.25, 0.3) is 0 Å². The summed E-state index contributed by atoms with van der Waals surface area (Å²) in [5.74, 6) is -1.55. The fourth-order valence-electron chi connectivity index (χ4n) is 3.22. The van der Waals surface area contributed by atoms with Gasteiger partial charge in [0.25, 0.3) is 5.91 Å². The van der Waals surface area contributed by atoms with Gasteiger partial charge in [-0.25, -0.2) is 9.59 Å². The van der Waals surface area contributed by atoms with Crippen molar-refractivity contribution in [3.8, 4) is 11.8 Å². The van der Waals surface area contributed by atoms with E-state index in [4.69, 9.17) is 19.5 Å². The van der Waals surface area contributed by atoms with E-state index in [0.29, 0.717) is 6.42 Å². The first kappa shape index (κ1) is 20.9. The molecule has 1 amide bonds. The molecule has 0 saturated heterocycles. The summed E-state index contributed by atoms with van der Waals surface area (Å²) < 4.78 is 15.1. The normalized spacial score (nSPS) is 14.8. The van der Waals surface area contributed by atoms with E-state index < -0.39 is 37.1 Å². The summed E-state index contributed by atoms with van der Waals surface area (Å²) in [5, 5.41) is 9.03. The van der Waals surface area contributed by atoms with Gasteiger partial charge in [0.15, 0.2) is 13.2 Å². The van der Waals surface area contributed by atoms with E-state index in [-0.39, 0.29) is 17.9 Å². The lowest BCUT2D eigenvalue weighted by atomic mass is 9.94. The number of amides is 1. The number of benzene rings is 2. The Hall–Kier alpha value is -3.86. The monoisotopic (exact) mass is 408 g/mol. The highest BCUT2D eigenvalue weighted by molar-refractivity contribution is 5.87. The van der Waals surface area contributed by atoms with Gasteiger partial charge in [-0.1, -0.05) is 36.4 Å². The maximum absolute atomic E-state index is 12.7. The van der Waals surface area contributed by atoms with Crippen molar-refractivity contribution in [2.45, 2.75) is 19.0 Å². The van der Waals surface area contributed by atoms with Crippen LogP contribution in [0.1, 0.15) is 16.7 Å². The molecule has 3 rings (SSSR count). The first-order chi connectivity index (χ1) is 14.5. The lowest BCUT2D eigenvalue weighted by Gasteiger charge is -2.35. The van der Waals surface area contributed by atoms with Gasteiger partial charge < -0.3 is 19.1 Å². The molecule has 0 unspecified atom stereocenters. The van der Waals surface area contributed by atoms with Gasteiger partial charge in [-0.2, -0.15) is 5.26 Å². The number of carbonyl (C=O) groups excluding carboxylic acids is 3. The zero-order chi connectivity index (χ0) is 21.5. The minimum Gasteiger partial charge on any atom is -0.481 e. The molecule has 1 atom stereocenters. The minimum absolute atomic E-state index is 0.221. The first-order valence-electron chi connectivity index (χ1n) is 9.25. The number of nitriles is 1. The quantitative estimate of drug-likeness (QED) is 0.669. The van der Waals surface area contributed by atoms with Crippen molar-refractivity contribution in [2.75, 3.05) is 20.3 Å². The number of para-hydroxylation sites is 1. The van der Waals surface area contributed by atoms with E-state index in [1.54, 1.807) is 24.3 Å². The molecule has 8 heteroatoms. The maximum atomic E-state index is 12.7. The zero-order valence-corrected chi connectivity index (χ0v) is 16.4. The predicted octanol–water partition coefficient (Wildman–Crippen LogP) is 1.61. The molecule has 1 aliphatic rings. The maximum Gasteiger partial charge on any atom is 0.344 e. The summed E-state index contributed by atoms with van der Waals surface area (Å²) in [7, 11) is 1.27. The molecule has 0 radical (unpaired) electrons. The fourth-order valence-corrected chi connectivity index (χ4v) is 3.22. The van der Waals surface area contributed by atoms with Crippen molar-refractivity contribution in [1.82, 2.24) is 4.90 Å². The zero-order valence-electron chi connectivity index (χ0n) is 16.4. The number of hydrogen-bond acceptors (Lipinski definition) is 7. The van der Waals surface area contributed by atoms with Crippen LogP contribution in [-0.2, 0) is 36.8 Å². The predicted molar refractivity (Wildman–Crippen MR) is 104 cm³/mol. The molecule has 0 N–H and O–H groups in total. The molecule has 0 bridgehead atoms. The largest absolute Gasteiger partial charge is 0.481 e. The van der Waals surface area contributed by atoms with Crippen LogP contribution in [0.5, 0.6) is 5.75 Å². The first-order valence-corrected chi connectivity index (χ1v) is 9.25. The second-order valence-electron chi connectivity index (χ2n) is 6.59. The number of carbonyl (C=O) groups is 3. The molecule has 2 aromatic rings. The summed E-state index contributed by atoms with van der Waals surface area (Å²) in [6, 6.07) is 15.2. The van der Waals surface area contributed by atoms with E-state index in [1.165, 1.54) is 12.0 Å². The standard InChI is InChI=1S/C22H20N2O6/c1-28-22(27)18-10-15-6-2-3-8-17(15)12-24(18)20(25)13-30-21(26)14-29-19-9-5-4-7-16(19)11-23/h2-9,18H,10,12-14H2,1H3/t18-/m1/s1. The van der Waals surface area contributed by atoms with Crippen LogP contribution in [0.4, 0.5) is 0 Å². The number of methoxy groups -OCH3 is 1. The molecule has 0 fully saturated rings. The Morgan fingerprint density at radius 2 is 1.77 bits per heavy atom. The number of nitrogens with zero attached hydrogens (tertiary/aromatic N) is 2. The third-order valence-corrected chi connectivity index (χ3v) is 4.75. The SMILES string of the molecule is COC(=O)[C@H]1Cc2ccccc2CN1C(=O)COC(=O)COc1ccccc1C#N. The lowest BCUT2D eigenvalue weighted by Crippen LogP contribution is -2.50. The van der Waals surface area contributed by atoms with Gasteiger partial charge in [0.1, 0.15) is 17.9 Å². The van der Waals surface area contributed by atoms with Gasteiger partial charge in [0.2, 0.25) is 0 Å². The molecule has 1 heterocycles. The van der Waals surface area contributed by atoms with Crippen molar-refractivity contribution >= 4 is 17.8 Å². The Balaban J connectivity index is 1.59.